The molecule has 2 aromatic heterocycles. The minimum Gasteiger partial charge on any atom is -0.480 e. The van der Waals surface area contributed by atoms with Crippen LogP contribution in [0.3, 0.4) is 0 Å². The van der Waals surface area contributed by atoms with E-state index in [-0.39, 0.29) is 6.04 Å². The first-order valence-corrected chi connectivity index (χ1v) is 7.66. The molecule has 0 amide bonds. The number of nitrogens with one attached hydrogen (secondary N) is 1. The lowest BCUT2D eigenvalue weighted by atomic mass is 10.0. The predicted octanol–water partition coefficient (Wildman–Crippen LogP) is 2.60. The Morgan fingerprint density at radius 1 is 1.32 bits per heavy atom. The second-order valence-corrected chi connectivity index (χ2v) is 6.34. The maximum atomic E-state index is 11.3. The molecule has 0 saturated carbocycles. The van der Waals surface area contributed by atoms with Crippen LogP contribution in [0.4, 0.5) is 0 Å². The minimum absolute atomic E-state index is 0.261. The van der Waals surface area contributed by atoms with Crippen molar-refractivity contribution >= 4 is 17.0 Å². The summed E-state index contributed by atoms with van der Waals surface area (Å²) in [4.78, 5) is 15.7. The van der Waals surface area contributed by atoms with Crippen LogP contribution in [0.5, 0.6) is 0 Å². The van der Waals surface area contributed by atoms with E-state index in [1.807, 2.05) is 24.6 Å². The van der Waals surface area contributed by atoms with Crippen LogP contribution >= 0.6 is 0 Å². The van der Waals surface area contributed by atoms with Crippen LogP contribution in [0.1, 0.15) is 45.7 Å². The maximum absolute atomic E-state index is 11.3. The Bertz CT molecular complexity index is 649. The van der Waals surface area contributed by atoms with Crippen LogP contribution in [0.15, 0.2) is 18.5 Å². The quantitative estimate of drug-likeness (QED) is 0.822. The molecule has 0 fully saturated rings. The van der Waals surface area contributed by atoms with Crippen LogP contribution in [0, 0.1) is 5.92 Å². The van der Waals surface area contributed by atoms with Gasteiger partial charge in [-0.15, -0.1) is 0 Å². The van der Waals surface area contributed by atoms with Gasteiger partial charge in [0.1, 0.15) is 6.04 Å². The van der Waals surface area contributed by atoms with E-state index in [1.165, 1.54) is 0 Å². The van der Waals surface area contributed by atoms with Gasteiger partial charge in [0.15, 0.2) is 5.65 Å². The predicted molar refractivity (Wildman–Crippen MR) is 85.6 cm³/mol. The molecule has 120 valence electrons. The number of fused-ring (bicyclic) bond motifs is 1. The SMILES string of the molecule is CC(C)C[C@@H](NCc1cnc2c(cnn2C(C)C)c1)C(=O)O. The van der Waals surface area contributed by atoms with Gasteiger partial charge in [-0.1, -0.05) is 13.8 Å². The summed E-state index contributed by atoms with van der Waals surface area (Å²) in [5.41, 5.74) is 1.82. The van der Waals surface area contributed by atoms with Crippen molar-refractivity contribution in [3.63, 3.8) is 0 Å². The number of pyridine rings is 1. The molecule has 0 radical (unpaired) electrons. The lowest BCUT2D eigenvalue weighted by Crippen LogP contribution is -2.37. The van der Waals surface area contributed by atoms with Crippen molar-refractivity contribution in [2.45, 2.75) is 52.7 Å². The molecule has 2 heterocycles. The summed E-state index contributed by atoms with van der Waals surface area (Å²) in [6.45, 7) is 8.65. The molecule has 0 aliphatic heterocycles. The zero-order valence-corrected chi connectivity index (χ0v) is 13.6. The molecule has 2 N–H and O–H groups in total. The van der Waals surface area contributed by atoms with Crippen LogP contribution in [-0.4, -0.2) is 31.9 Å². The van der Waals surface area contributed by atoms with E-state index in [2.05, 4.69) is 29.2 Å². The summed E-state index contributed by atoms with van der Waals surface area (Å²) in [6.07, 6.45) is 4.19. The molecule has 0 aliphatic rings. The van der Waals surface area contributed by atoms with Gasteiger partial charge in [0.05, 0.1) is 6.20 Å². The Labute approximate surface area is 130 Å². The molecular formula is C16H24N4O2. The molecule has 0 spiro atoms. The van der Waals surface area contributed by atoms with Crippen LogP contribution < -0.4 is 5.32 Å². The lowest BCUT2D eigenvalue weighted by Gasteiger charge is -2.16. The van der Waals surface area contributed by atoms with Crippen molar-refractivity contribution < 1.29 is 9.90 Å². The maximum Gasteiger partial charge on any atom is 0.320 e. The first-order chi connectivity index (χ1) is 10.4. The van der Waals surface area contributed by atoms with E-state index in [0.717, 1.165) is 16.6 Å². The summed E-state index contributed by atoms with van der Waals surface area (Å²) < 4.78 is 1.88. The number of carbonyl (C=O) groups is 1. The number of carboxylic acids is 1. The van der Waals surface area contributed by atoms with Gasteiger partial charge in [0.2, 0.25) is 0 Å². The van der Waals surface area contributed by atoms with Gasteiger partial charge in [-0.05, 0) is 37.8 Å². The van der Waals surface area contributed by atoms with E-state index in [1.54, 1.807) is 12.4 Å². The van der Waals surface area contributed by atoms with Gasteiger partial charge in [-0.2, -0.15) is 5.10 Å². The van der Waals surface area contributed by atoms with E-state index in [4.69, 9.17) is 0 Å². The lowest BCUT2D eigenvalue weighted by molar-refractivity contribution is -0.140. The van der Waals surface area contributed by atoms with Crippen LogP contribution in [-0.2, 0) is 11.3 Å². The fourth-order valence-corrected chi connectivity index (χ4v) is 2.44. The fourth-order valence-electron chi connectivity index (χ4n) is 2.44. The Morgan fingerprint density at radius 3 is 2.64 bits per heavy atom. The third-order valence-corrected chi connectivity index (χ3v) is 3.54. The number of hydrogen-bond donors (Lipinski definition) is 2. The fraction of sp³-hybridized carbons (Fsp3) is 0.562. The Balaban J connectivity index is 2.10. The summed E-state index contributed by atoms with van der Waals surface area (Å²) in [6, 6.07) is 1.74. The highest BCUT2D eigenvalue weighted by molar-refractivity contribution is 5.75. The van der Waals surface area contributed by atoms with E-state index < -0.39 is 12.0 Å². The second kappa shape index (κ2) is 6.87. The first kappa shape index (κ1) is 16.4. The third-order valence-electron chi connectivity index (χ3n) is 3.54. The molecule has 1 atom stereocenters. The topological polar surface area (TPSA) is 80.0 Å². The highest BCUT2D eigenvalue weighted by Gasteiger charge is 2.18. The van der Waals surface area contributed by atoms with Gasteiger partial charge in [-0.25, -0.2) is 9.67 Å². The van der Waals surface area contributed by atoms with Crippen molar-refractivity contribution in [1.82, 2.24) is 20.1 Å². The average Bonchev–Trinajstić information content (AvgIpc) is 2.85. The van der Waals surface area contributed by atoms with Gasteiger partial charge in [0.25, 0.3) is 0 Å². The normalized spacial score (nSPS) is 13.2. The Hall–Kier alpha value is -1.95. The zero-order chi connectivity index (χ0) is 16.3. The molecule has 22 heavy (non-hydrogen) atoms. The molecule has 0 saturated heterocycles. The van der Waals surface area contributed by atoms with Crippen LogP contribution in [0.25, 0.3) is 11.0 Å². The molecule has 2 rings (SSSR count). The van der Waals surface area contributed by atoms with Gasteiger partial charge in [-0.3, -0.25) is 4.79 Å². The number of rotatable bonds is 7. The first-order valence-electron chi connectivity index (χ1n) is 7.66. The van der Waals surface area contributed by atoms with Crippen molar-refractivity contribution in [3.8, 4) is 0 Å². The molecule has 6 heteroatoms. The van der Waals surface area contributed by atoms with Crippen LogP contribution in [0.2, 0.25) is 0 Å². The summed E-state index contributed by atoms with van der Waals surface area (Å²) in [7, 11) is 0. The molecule has 0 unspecified atom stereocenters. The van der Waals surface area contributed by atoms with E-state index in [9.17, 15) is 9.90 Å². The number of carboxylic acid groups (broad SMARTS) is 1. The molecule has 2 aromatic rings. The Morgan fingerprint density at radius 2 is 2.05 bits per heavy atom. The second-order valence-electron chi connectivity index (χ2n) is 6.34. The van der Waals surface area contributed by atoms with Crippen molar-refractivity contribution in [3.05, 3.63) is 24.0 Å². The largest absolute Gasteiger partial charge is 0.480 e. The number of aliphatic carboxylic acids is 1. The van der Waals surface area contributed by atoms with E-state index in [0.29, 0.717) is 18.9 Å². The summed E-state index contributed by atoms with van der Waals surface area (Å²) in [5.74, 6) is -0.478. The summed E-state index contributed by atoms with van der Waals surface area (Å²) in [5, 5.41) is 17.7. The standard InChI is InChI=1S/C16H24N4O2/c1-10(2)5-14(16(21)22)17-7-12-6-13-9-19-20(11(3)4)15(13)18-8-12/h6,8-11,14,17H,5,7H2,1-4H3,(H,21,22)/t14-/m1/s1. The minimum atomic E-state index is -0.810. The van der Waals surface area contributed by atoms with Crippen molar-refractivity contribution in [2.24, 2.45) is 5.92 Å². The highest BCUT2D eigenvalue weighted by atomic mass is 16.4. The summed E-state index contributed by atoms with van der Waals surface area (Å²) >= 11 is 0. The highest BCUT2D eigenvalue weighted by Crippen LogP contribution is 2.17. The number of nitrogens with zero attached hydrogens (tertiary/aromatic N) is 3. The van der Waals surface area contributed by atoms with Crippen molar-refractivity contribution in [2.75, 3.05) is 0 Å². The molecule has 6 nitrogen and oxygen atoms in total. The molecular weight excluding hydrogens is 280 g/mol. The molecule has 0 aromatic carbocycles. The Kier molecular flexibility index (Phi) is 5.13. The third kappa shape index (κ3) is 3.82. The number of aromatic nitrogens is 3. The zero-order valence-electron chi connectivity index (χ0n) is 13.6. The van der Waals surface area contributed by atoms with Gasteiger partial charge in [0, 0.05) is 24.2 Å². The average molecular weight is 304 g/mol. The van der Waals surface area contributed by atoms with Crippen molar-refractivity contribution in [1.29, 1.82) is 0 Å². The van der Waals surface area contributed by atoms with Gasteiger partial charge < -0.3 is 10.4 Å². The monoisotopic (exact) mass is 304 g/mol. The smallest absolute Gasteiger partial charge is 0.320 e. The van der Waals surface area contributed by atoms with Gasteiger partial charge >= 0.3 is 5.97 Å². The molecule has 0 bridgehead atoms. The number of hydrogen-bond acceptors (Lipinski definition) is 4. The van der Waals surface area contributed by atoms with E-state index >= 15 is 0 Å². The molecule has 0 aliphatic carbocycles.